The molecule has 23 heavy (non-hydrogen) atoms. The zero-order valence-corrected chi connectivity index (χ0v) is 13.5. The molecule has 0 saturated heterocycles. The molecule has 2 aromatic carbocycles. The molecule has 0 saturated carbocycles. The summed E-state index contributed by atoms with van der Waals surface area (Å²) in [6.07, 6.45) is 0. The molecule has 0 aliphatic rings. The summed E-state index contributed by atoms with van der Waals surface area (Å²) in [6.45, 7) is 2.19. The van der Waals surface area contributed by atoms with Gasteiger partial charge in [0, 0.05) is 19.2 Å². The van der Waals surface area contributed by atoms with Gasteiger partial charge < -0.3 is 4.74 Å². The van der Waals surface area contributed by atoms with Gasteiger partial charge in [0.25, 0.3) is 15.7 Å². The Bertz CT molecular complexity index is 820. The summed E-state index contributed by atoms with van der Waals surface area (Å²) in [4.78, 5) is 10.1. The topological polar surface area (TPSA) is 89.8 Å². The number of sulfonamides is 1. The van der Waals surface area contributed by atoms with Gasteiger partial charge in [-0.1, -0.05) is 18.2 Å². The lowest BCUT2D eigenvalue weighted by molar-refractivity contribution is -0.385. The van der Waals surface area contributed by atoms with Crippen LogP contribution in [0.1, 0.15) is 6.92 Å². The molecule has 0 aromatic heterocycles. The molecule has 0 amide bonds. The summed E-state index contributed by atoms with van der Waals surface area (Å²) in [5.41, 5.74) is 0.0819. The van der Waals surface area contributed by atoms with E-state index >= 15 is 0 Å². The highest BCUT2D eigenvalue weighted by atomic mass is 32.2. The van der Waals surface area contributed by atoms with Gasteiger partial charge in [0.05, 0.1) is 22.1 Å². The fourth-order valence-corrected chi connectivity index (χ4v) is 3.29. The summed E-state index contributed by atoms with van der Waals surface area (Å²) in [6, 6.07) is 11.6. The number of rotatable bonds is 6. The van der Waals surface area contributed by atoms with E-state index in [1.54, 1.807) is 31.2 Å². The molecule has 7 nitrogen and oxygen atoms in total. The molecular weight excluding hydrogens is 320 g/mol. The first-order valence-electron chi connectivity index (χ1n) is 6.83. The van der Waals surface area contributed by atoms with E-state index in [9.17, 15) is 18.5 Å². The minimum Gasteiger partial charge on any atom is -0.492 e. The van der Waals surface area contributed by atoms with Crippen molar-refractivity contribution in [1.29, 1.82) is 0 Å². The van der Waals surface area contributed by atoms with Gasteiger partial charge in [-0.3, -0.25) is 14.4 Å². The molecule has 0 heterocycles. The zero-order chi connectivity index (χ0) is 17.0. The van der Waals surface area contributed by atoms with Crippen LogP contribution in [-0.2, 0) is 10.0 Å². The number of nitro groups is 1. The predicted octanol–water partition coefficient (Wildman–Crippen LogP) is 2.82. The second-order valence-corrected chi connectivity index (χ2v) is 6.60. The maximum Gasteiger partial charge on any atom is 0.270 e. The van der Waals surface area contributed by atoms with Crippen molar-refractivity contribution in [1.82, 2.24) is 0 Å². The standard InChI is InChI=1S/C15H16N2O5S/c1-3-22-15-10-5-4-9-14(15)16(2)23(20,21)13-8-6-7-12(11-13)17(18)19/h4-11H,3H2,1-2H3. The van der Waals surface area contributed by atoms with E-state index in [2.05, 4.69) is 0 Å². The Morgan fingerprint density at radius 1 is 1.17 bits per heavy atom. The second-order valence-electron chi connectivity index (χ2n) is 4.63. The maximum absolute atomic E-state index is 12.7. The summed E-state index contributed by atoms with van der Waals surface area (Å²) < 4.78 is 31.9. The summed E-state index contributed by atoms with van der Waals surface area (Å²) in [7, 11) is -2.56. The molecule has 0 bridgehead atoms. The van der Waals surface area contributed by atoms with Crippen molar-refractivity contribution in [2.24, 2.45) is 0 Å². The molecule has 0 aliphatic heterocycles. The third-order valence-electron chi connectivity index (χ3n) is 3.19. The van der Waals surface area contributed by atoms with Crippen LogP contribution in [0.4, 0.5) is 11.4 Å². The Hall–Kier alpha value is -2.61. The molecule has 2 rings (SSSR count). The summed E-state index contributed by atoms with van der Waals surface area (Å²) in [5, 5.41) is 10.8. The average molecular weight is 336 g/mol. The van der Waals surface area contributed by atoms with Gasteiger partial charge >= 0.3 is 0 Å². The molecule has 0 unspecified atom stereocenters. The number of non-ortho nitro benzene ring substituents is 1. The lowest BCUT2D eigenvalue weighted by atomic mass is 10.3. The van der Waals surface area contributed by atoms with Crippen molar-refractivity contribution < 1.29 is 18.1 Å². The summed E-state index contributed by atoms with van der Waals surface area (Å²) in [5.74, 6) is 0.423. The normalized spacial score (nSPS) is 11.0. The van der Waals surface area contributed by atoms with Gasteiger partial charge in [-0.05, 0) is 25.1 Å². The van der Waals surface area contributed by atoms with Crippen LogP contribution in [0.15, 0.2) is 53.4 Å². The lowest BCUT2D eigenvalue weighted by Gasteiger charge is -2.22. The van der Waals surface area contributed by atoms with E-state index < -0.39 is 14.9 Å². The number of ether oxygens (including phenoxy) is 1. The first-order chi connectivity index (χ1) is 10.9. The first kappa shape index (κ1) is 16.8. The minimum atomic E-state index is -3.94. The van der Waals surface area contributed by atoms with Crippen molar-refractivity contribution in [3.05, 3.63) is 58.6 Å². The van der Waals surface area contributed by atoms with Gasteiger partial charge in [-0.25, -0.2) is 8.42 Å². The molecule has 2 aromatic rings. The third-order valence-corrected chi connectivity index (χ3v) is 4.96. The monoisotopic (exact) mass is 336 g/mol. The lowest BCUT2D eigenvalue weighted by Crippen LogP contribution is -2.27. The Morgan fingerprint density at radius 3 is 2.52 bits per heavy atom. The molecule has 8 heteroatoms. The fourth-order valence-electron chi connectivity index (χ4n) is 2.04. The van der Waals surface area contributed by atoms with Gasteiger partial charge in [-0.2, -0.15) is 0 Å². The molecule has 0 spiro atoms. The third kappa shape index (κ3) is 3.42. The van der Waals surface area contributed by atoms with Crippen LogP contribution in [0, 0.1) is 10.1 Å². The molecule has 0 fully saturated rings. The van der Waals surface area contributed by atoms with Crippen LogP contribution in [0.2, 0.25) is 0 Å². The van der Waals surface area contributed by atoms with E-state index in [1.165, 1.54) is 25.2 Å². The molecule has 0 N–H and O–H groups in total. The van der Waals surface area contributed by atoms with Crippen LogP contribution >= 0.6 is 0 Å². The van der Waals surface area contributed by atoms with E-state index in [-0.39, 0.29) is 10.6 Å². The maximum atomic E-state index is 12.7. The predicted molar refractivity (Wildman–Crippen MR) is 86.3 cm³/mol. The molecule has 0 aliphatic carbocycles. The van der Waals surface area contributed by atoms with Crippen molar-refractivity contribution in [3.63, 3.8) is 0 Å². The van der Waals surface area contributed by atoms with Gasteiger partial charge in [-0.15, -0.1) is 0 Å². The Kier molecular flexibility index (Phi) is 4.85. The van der Waals surface area contributed by atoms with Crippen molar-refractivity contribution >= 4 is 21.4 Å². The van der Waals surface area contributed by atoms with E-state index in [0.717, 1.165) is 10.4 Å². The number of hydrogen-bond acceptors (Lipinski definition) is 5. The van der Waals surface area contributed by atoms with E-state index in [0.29, 0.717) is 18.0 Å². The number of nitro benzene ring substituents is 1. The van der Waals surface area contributed by atoms with Crippen LogP contribution in [0.25, 0.3) is 0 Å². The quantitative estimate of drug-likeness (QED) is 0.597. The van der Waals surface area contributed by atoms with E-state index in [1.807, 2.05) is 0 Å². The second kappa shape index (κ2) is 6.66. The van der Waals surface area contributed by atoms with Crippen LogP contribution in [-0.4, -0.2) is 27.0 Å². The number of anilines is 1. The number of hydrogen-bond donors (Lipinski definition) is 0. The Labute approximate surface area is 134 Å². The largest absolute Gasteiger partial charge is 0.492 e. The highest BCUT2D eigenvalue weighted by Gasteiger charge is 2.25. The van der Waals surface area contributed by atoms with Gasteiger partial charge in [0.1, 0.15) is 5.75 Å². The molecule has 122 valence electrons. The van der Waals surface area contributed by atoms with Crippen LogP contribution in [0.5, 0.6) is 5.75 Å². The average Bonchev–Trinajstić information content (AvgIpc) is 2.55. The van der Waals surface area contributed by atoms with Gasteiger partial charge in [0.2, 0.25) is 0 Å². The number of benzene rings is 2. The van der Waals surface area contributed by atoms with E-state index in [4.69, 9.17) is 4.74 Å². The fraction of sp³-hybridized carbons (Fsp3) is 0.200. The Balaban J connectivity index is 2.47. The highest BCUT2D eigenvalue weighted by Crippen LogP contribution is 2.31. The molecule has 0 radical (unpaired) electrons. The Morgan fingerprint density at radius 2 is 1.87 bits per heavy atom. The summed E-state index contributed by atoms with van der Waals surface area (Å²) >= 11 is 0. The minimum absolute atomic E-state index is 0.152. The molecule has 0 atom stereocenters. The smallest absolute Gasteiger partial charge is 0.270 e. The SMILES string of the molecule is CCOc1ccccc1N(C)S(=O)(=O)c1cccc([N+](=O)[O-])c1. The van der Waals surface area contributed by atoms with Crippen molar-refractivity contribution in [3.8, 4) is 5.75 Å². The van der Waals surface area contributed by atoms with Crippen LogP contribution < -0.4 is 9.04 Å². The zero-order valence-electron chi connectivity index (χ0n) is 12.7. The number of para-hydroxylation sites is 2. The van der Waals surface area contributed by atoms with Crippen LogP contribution in [0.3, 0.4) is 0 Å². The van der Waals surface area contributed by atoms with Gasteiger partial charge in [0.15, 0.2) is 0 Å². The van der Waals surface area contributed by atoms with Crippen molar-refractivity contribution in [2.75, 3.05) is 18.0 Å². The highest BCUT2D eigenvalue weighted by molar-refractivity contribution is 7.92. The first-order valence-corrected chi connectivity index (χ1v) is 8.27. The molecular formula is C15H16N2O5S. The number of nitrogens with zero attached hydrogens (tertiary/aromatic N) is 2. The van der Waals surface area contributed by atoms with Crippen molar-refractivity contribution in [2.45, 2.75) is 11.8 Å².